The fourth-order valence-corrected chi connectivity index (χ4v) is 2.34. The van der Waals surface area contributed by atoms with E-state index in [1.54, 1.807) is 0 Å². The highest BCUT2D eigenvalue weighted by molar-refractivity contribution is 5.71. The van der Waals surface area contributed by atoms with Crippen LogP contribution >= 0.6 is 0 Å². The van der Waals surface area contributed by atoms with E-state index < -0.39 is 0 Å². The molecule has 3 heteroatoms. The minimum absolute atomic E-state index is 0.0530. The third-order valence-corrected chi connectivity index (χ3v) is 3.43. The molecule has 0 aromatic heterocycles. The minimum atomic E-state index is -0.0530. The van der Waals surface area contributed by atoms with Gasteiger partial charge in [-0.05, 0) is 38.3 Å². The summed E-state index contributed by atoms with van der Waals surface area (Å²) in [6, 6.07) is 0. The van der Waals surface area contributed by atoms with Crippen LogP contribution in [0, 0.1) is 5.92 Å². The average molecular weight is 271 g/mol. The Morgan fingerprint density at radius 2 is 1.74 bits per heavy atom. The van der Waals surface area contributed by atoms with Crippen molar-refractivity contribution in [3.63, 3.8) is 0 Å². The van der Waals surface area contributed by atoms with Crippen molar-refractivity contribution in [1.29, 1.82) is 0 Å². The van der Waals surface area contributed by atoms with Gasteiger partial charge in [0.2, 0.25) is 0 Å². The van der Waals surface area contributed by atoms with E-state index in [0.717, 1.165) is 25.9 Å². The molecule has 0 aromatic rings. The number of nitrogens with zero attached hydrogens (tertiary/aromatic N) is 1. The Hall–Kier alpha value is -0.570. The number of hydrogen-bond acceptors (Lipinski definition) is 3. The number of carbonyl (C=O) groups is 1. The van der Waals surface area contributed by atoms with Crippen molar-refractivity contribution in [2.45, 2.75) is 72.8 Å². The average Bonchev–Trinajstić information content (AvgIpc) is 2.37. The Bertz CT molecular complexity index is 227. The van der Waals surface area contributed by atoms with Gasteiger partial charge in [0, 0.05) is 0 Å². The Balaban J connectivity index is 0.000000982. The van der Waals surface area contributed by atoms with Crippen LogP contribution in [0.1, 0.15) is 66.7 Å². The Kier molecular flexibility index (Phi) is 10.9. The SMILES string of the molecule is CCC.CCN(CC)CC(=O)OC1CCCC(C)C1. The molecule has 0 radical (unpaired) electrons. The van der Waals surface area contributed by atoms with E-state index in [9.17, 15) is 4.79 Å². The zero-order chi connectivity index (χ0) is 14.7. The maximum Gasteiger partial charge on any atom is 0.320 e. The highest BCUT2D eigenvalue weighted by atomic mass is 16.5. The van der Waals surface area contributed by atoms with E-state index in [1.807, 2.05) is 0 Å². The summed E-state index contributed by atoms with van der Waals surface area (Å²) in [7, 11) is 0. The van der Waals surface area contributed by atoms with Gasteiger partial charge < -0.3 is 4.74 Å². The summed E-state index contributed by atoms with van der Waals surface area (Å²) in [4.78, 5) is 13.8. The van der Waals surface area contributed by atoms with Gasteiger partial charge >= 0.3 is 5.97 Å². The Morgan fingerprint density at radius 3 is 2.21 bits per heavy atom. The van der Waals surface area contributed by atoms with Crippen molar-refractivity contribution in [3.8, 4) is 0 Å². The standard InChI is InChI=1S/C13H25NO2.C3H8/c1-4-14(5-2)10-13(15)16-12-8-6-7-11(3)9-12;1-3-2/h11-12H,4-10H2,1-3H3;3H2,1-2H3. The van der Waals surface area contributed by atoms with Gasteiger partial charge in [0.15, 0.2) is 0 Å². The van der Waals surface area contributed by atoms with Gasteiger partial charge in [-0.25, -0.2) is 0 Å². The lowest BCUT2D eigenvalue weighted by atomic mass is 9.89. The first-order valence-electron chi connectivity index (χ1n) is 7.98. The highest BCUT2D eigenvalue weighted by Crippen LogP contribution is 2.25. The lowest BCUT2D eigenvalue weighted by Gasteiger charge is -2.27. The van der Waals surface area contributed by atoms with Crippen molar-refractivity contribution in [2.24, 2.45) is 5.92 Å². The van der Waals surface area contributed by atoms with E-state index in [4.69, 9.17) is 4.74 Å². The summed E-state index contributed by atoms with van der Waals surface area (Å²) >= 11 is 0. The maximum atomic E-state index is 11.7. The zero-order valence-corrected chi connectivity index (χ0v) is 13.6. The van der Waals surface area contributed by atoms with Crippen molar-refractivity contribution < 1.29 is 9.53 Å². The van der Waals surface area contributed by atoms with Gasteiger partial charge in [-0.1, -0.05) is 47.5 Å². The Labute approximate surface area is 119 Å². The smallest absolute Gasteiger partial charge is 0.320 e. The first-order valence-corrected chi connectivity index (χ1v) is 7.98. The summed E-state index contributed by atoms with van der Waals surface area (Å²) in [5.74, 6) is 0.655. The van der Waals surface area contributed by atoms with Crippen LogP contribution in [0.4, 0.5) is 0 Å². The number of ether oxygens (including phenoxy) is 1. The van der Waals surface area contributed by atoms with Crippen molar-refractivity contribution in [3.05, 3.63) is 0 Å². The number of hydrogen-bond donors (Lipinski definition) is 0. The molecule has 3 nitrogen and oxygen atoms in total. The van der Waals surface area contributed by atoms with Crippen LogP contribution in [0.5, 0.6) is 0 Å². The lowest BCUT2D eigenvalue weighted by Crippen LogP contribution is -2.33. The summed E-state index contributed by atoms with van der Waals surface area (Å²) in [5, 5.41) is 0. The van der Waals surface area contributed by atoms with E-state index in [-0.39, 0.29) is 12.1 Å². The Morgan fingerprint density at radius 1 is 1.16 bits per heavy atom. The van der Waals surface area contributed by atoms with Gasteiger partial charge in [-0.3, -0.25) is 9.69 Å². The molecule has 2 atom stereocenters. The number of esters is 1. The van der Waals surface area contributed by atoms with Crippen LogP contribution in [0.3, 0.4) is 0 Å². The topological polar surface area (TPSA) is 29.5 Å². The largest absolute Gasteiger partial charge is 0.461 e. The van der Waals surface area contributed by atoms with Crippen LogP contribution in [-0.4, -0.2) is 36.6 Å². The molecule has 1 rings (SSSR count). The van der Waals surface area contributed by atoms with Crippen molar-refractivity contribution >= 4 is 5.97 Å². The normalized spacial score (nSPS) is 22.6. The fraction of sp³-hybridized carbons (Fsp3) is 0.938. The second kappa shape index (κ2) is 11.3. The van der Waals surface area contributed by atoms with E-state index in [0.29, 0.717) is 12.5 Å². The zero-order valence-electron chi connectivity index (χ0n) is 13.6. The van der Waals surface area contributed by atoms with E-state index in [2.05, 4.69) is 39.5 Å². The first-order chi connectivity index (χ1) is 9.07. The summed E-state index contributed by atoms with van der Waals surface area (Å²) in [6.45, 7) is 12.9. The molecule has 0 saturated heterocycles. The third kappa shape index (κ3) is 9.04. The molecule has 114 valence electrons. The molecule has 1 aliphatic carbocycles. The molecule has 1 saturated carbocycles. The summed E-state index contributed by atoms with van der Waals surface area (Å²) in [6.07, 6.45) is 6.00. The van der Waals surface area contributed by atoms with Gasteiger partial charge in [-0.15, -0.1) is 0 Å². The van der Waals surface area contributed by atoms with Crippen LogP contribution in [0.2, 0.25) is 0 Å². The molecule has 2 unspecified atom stereocenters. The van der Waals surface area contributed by atoms with Gasteiger partial charge in [0.25, 0.3) is 0 Å². The molecule has 0 spiro atoms. The lowest BCUT2D eigenvalue weighted by molar-refractivity contribution is -0.152. The van der Waals surface area contributed by atoms with Crippen LogP contribution in [0.25, 0.3) is 0 Å². The second-order valence-corrected chi connectivity index (χ2v) is 5.55. The maximum absolute atomic E-state index is 11.7. The van der Waals surface area contributed by atoms with Gasteiger partial charge in [-0.2, -0.15) is 0 Å². The van der Waals surface area contributed by atoms with Gasteiger partial charge in [0.1, 0.15) is 6.10 Å². The van der Waals surface area contributed by atoms with E-state index in [1.165, 1.54) is 19.3 Å². The second-order valence-electron chi connectivity index (χ2n) is 5.55. The van der Waals surface area contributed by atoms with Crippen molar-refractivity contribution in [2.75, 3.05) is 19.6 Å². The molecule has 0 aliphatic heterocycles. The van der Waals surface area contributed by atoms with Crippen LogP contribution in [-0.2, 0) is 9.53 Å². The molecular weight excluding hydrogens is 238 g/mol. The van der Waals surface area contributed by atoms with Crippen LogP contribution in [0.15, 0.2) is 0 Å². The summed E-state index contributed by atoms with van der Waals surface area (Å²) < 4.78 is 5.52. The third-order valence-electron chi connectivity index (χ3n) is 3.43. The quantitative estimate of drug-likeness (QED) is 0.711. The number of rotatable bonds is 5. The monoisotopic (exact) mass is 271 g/mol. The molecule has 1 fully saturated rings. The molecule has 0 N–H and O–H groups in total. The van der Waals surface area contributed by atoms with Crippen LogP contribution < -0.4 is 0 Å². The summed E-state index contributed by atoms with van der Waals surface area (Å²) in [5.41, 5.74) is 0. The first kappa shape index (κ1) is 18.4. The molecular formula is C16H33NO2. The highest BCUT2D eigenvalue weighted by Gasteiger charge is 2.22. The fourth-order valence-electron chi connectivity index (χ4n) is 2.34. The molecule has 0 amide bonds. The predicted octanol–water partition coefficient (Wildman–Crippen LogP) is 3.87. The minimum Gasteiger partial charge on any atom is -0.461 e. The molecule has 19 heavy (non-hydrogen) atoms. The molecule has 0 aromatic carbocycles. The van der Waals surface area contributed by atoms with Crippen molar-refractivity contribution in [1.82, 2.24) is 4.90 Å². The van der Waals surface area contributed by atoms with E-state index >= 15 is 0 Å². The predicted molar refractivity (Wildman–Crippen MR) is 81.3 cm³/mol. The molecule has 1 aliphatic rings. The number of likely N-dealkylation sites (N-methyl/N-ethyl adjacent to an activating group) is 1. The molecule has 0 bridgehead atoms. The number of carbonyl (C=O) groups excluding carboxylic acids is 1. The van der Waals surface area contributed by atoms with Gasteiger partial charge in [0.05, 0.1) is 6.54 Å². The molecule has 0 heterocycles.